The molecule has 0 saturated carbocycles. The minimum Gasteiger partial charge on any atom is -0.386 e. The number of rotatable bonds is 2. The SMILES string of the molecule is Cc1cc(C)c(N=C(N)CCl)c(C)c1. The number of hydrogen-bond donors (Lipinski definition) is 1. The van der Waals surface area contributed by atoms with E-state index >= 15 is 0 Å². The van der Waals surface area contributed by atoms with Crippen molar-refractivity contribution < 1.29 is 0 Å². The van der Waals surface area contributed by atoms with Crippen molar-refractivity contribution in [2.45, 2.75) is 20.8 Å². The van der Waals surface area contributed by atoms with E-state index in [0.29, 0.717) is 5.84 Å². The van der Waals surface area contributed by atoms with Crippen LogP contribution in [0, 0.1) is 20.8 Å². The minimum atomic E-state index is 0.271. The number of nitrogens with zero attached hydrogens (tertiary/aromatic N) is 1. The molecule has 0 aliphatic rings. The molecule has 0 aliphatic heterocycles. The summed E-state index contributed by atoms with van der Waals surface area (Å²) in [5.41, 5.74) is 10.0. The molecule has 1 rings (SSSR count). The summed E-state index contributed by atoms with van der Waals surface area (Å²) in [4.78, 5) is 4.28. The molecule has 3 heteroatoms. The fourth-order valence-corrected chi connectivity index (χ4v) is 1.58. The zero-order chi connectivity index (χ0) is 10.7. The number of halogens is 1. The van der Waals surface area contributed by atoms with E-state index in [-0.39, 0.29) is 5.88 Å². The quantitative estimate of drug-likeness (QED) is 0.455. The summed E-state index contributed by atoms with van der Waals surface area (Å²) < 4.78 is 0. The molecule has 0 saturated heterocycles. The number of alkyl halides is 1. The highest BCUT2D eigenvalue weighted by Gasteiger charge is 2.02. The van der Waals surface area contributed by atoms with Crippen molar-refractivity contribution in [2.24, 2.45) is 10.7 Å². The average molecular weight is 211 g/mol. The first-order valence-electron chi connectivity index (χ1n) is 4.51. The van der Waals surface area contributed by atoms with Gasteiger partial charge in [0, 0.05) is 0 Å². The van der Waals surface area contributed by atoms with Gasteiger partial charge in [0.1, 0.15) is 5.84 Å². The predicted molar refractivity (Wildman–Crippen MR) is 62.7 cm³/mol. The van der Waals surface area contributed by atoms with Crippen LogP contribution in [0.4, 0.5) is 5.69 Å². The Bertz CT molecular complexity index is 347. The first-order valence-corrected chi connectivity index (χ1v) is 5.05. The van der Waals surface area contributed by atoms with Gasteiger partial charge in [0.05, 0.1) is 11.6 Å². The van der Waals surface area contributed by atoms with Gasteiger partial charge < -0.3 is 5.73 Å². The van der Waals surface area contributed by atoms with Gasteiger partial charge in [0.15, 0.2) is 0 Å². The van der Waals surface area contributed by atoms with Crippen LogP contribution in [0.15, 0.2) is 17.1 Å². The minimum absolute atomic E-state index is 0.271. The van der Waals surface area contributed by atoms with Crippen LogP contribution < -0.4 is 5.73 Å². The third-order valence-corrected chi connectivity index (χ3v) is 2.30. The van der Waals surface area contributed by atoms with Crippen LogP contribution >= 0.6 is 11.6 Å². The molecular formula is C11H15ClN2. The van der Waals surface area contributed by atoms with E-state index in [4.69, 9.17) is 17.3 Å². The maximum absolute atomic E-state index is 5.60. The highest BCUT2D eigenvalue weighted by atomic mass is 35.5. The van der Waals surface area contributed by atoms with Crippen LogP contribution in [0.3, 0.4) is 0 Å². The average Bonchev–Trinajstić information content (AvgIpc) is 2.10. The van der Waals surface area contributed by atoms with E-state index in [1.807, 2.05) is 13.8 Å². The fraction of sp³-hybridized carbons (Fsp3) is 0.364. The largest absolute Gasteiger partial charge is 0.386 e. The van der Waals surface area contributed by atoms with Crippen molar-refractivity contribution in [1.29, 1.82) is 0 Å². The first-order chi connectivity index (χ1) is 6.54. The van der Waals surface area contributed by atoms with Gasteiger partial charge in [-0.1, -0.05) is 17.7 Å². The molecule has 1 aromatic carbocycles. The van der Waals surface area contributed by atoms with Crippen LogP contribution in [-0.2, 0) is 0 Å². The first kappa shape index (κ1) is 11.1. The van der Waals surface area contributed by atoms with Crippen LogP contribution in [0.1, 0.15) is 16.7 Å². The zero-order valence-electron chi connectivity index (χ0n) is 8.76. The van der Waals surface area contributed by atoms with Crippen LogP contribution in [0.2, 0.25) is 0 Å². The molecule has 2 N–H and O–H groups in total. The van der Waals surface area contributed by atoms with E-state index in [2.05, 4.69) is 24.0 Å². The van der Waals surface area contributed by atoms with E-state index in [0.717, 1.165) is 16.8 Å². The molecule has 0 bridgehead atoms. The van der Waals surface area contributed by atoms with Gasteiger partial charge in [-0.25, -0.2) is 4.99 Å². The van der Waals surface area contributed by atoms with Crippen molar-refractivity contribution in [3.8, 4) is 0 Å². The number of benzene rings is 1. The molecule has 76 valence electrons. The molecule has 0 spiro atoms. The third kappa shape index (κ3) is 2.48. The smallest absolute Gasteiger partial charge is 0.115 e. The lowest BCUT2D eigenvalue weighted by atomic mass is 10.1. The van der Waals surface area contributed by atoms with E-state index < -0.39 is 0 Å². The molecule has 0 heterocycles. The number of hydrogen-bond acceptors (Lipinski definition) is 1. The Labute approximate surface area is 89.8 Å². The molecule has 14 heavy (non-hydrogen) atoms. The van der Waals surface area contributed by atoms with Gasteiger partial charge in [-0.05, 0) is 31.9 Å². The second kappa shape index (κ2) is 4.47. The van der Waals surface area contributed by atoms with Crippen molar-refractivity contribution >= 4 is 23.1 Å². The van der Waals surface area contributed by atoms with Gasteiger partial charge in [0.25, 0.3) is 0 Å². The molecule has 0 unspecified atom stereocenters. The lowest BCUT2D eigenvalue weighted by Gasteiger charge is -2.07. The lowest BCUT2D eigenvalue weighted by molar-refractivity contribution is 1.28. The number of aryl methyl sites for hydroxylation is 3. The van der Waals surface area contributed by atoms with Gasteiger partial charge in [0.2, 0.25) is 0 Å². The number of nitrogens with two attached hydrogens (primary N) is 1. The number of aliphatic imine (C=N–C) groups is 1. The van der Waals surface area contributed by atoms with Crippen molar-refractivity contribution in [3.05, 3.63) is 28.8 Å². The van der Waals surface area contributed by atoms with Crippen LogP contribution in [0.25, 0.3) is 0 Å². The Morgan fingerprint density at radius 1 is 1.29 bits per heavy atom. The maximum atomic E-state index is 5.60. The molecule has 0 atom stereocenters. The molecular weight excluding hydrogens is 196 g/mol. The van der Waals surface area contributed by atoms with E-state index in [1.54, 1.807) is 0 Å². The standard InChI is InChI=1S/C11H15ClN2/c1-7-4-8(2)11(9(3)5-7)14-10(13)6-12/h4-5H,6H2,1-3H3,(H2,13,14). The fourth-order valence-electron chi connectivity index (χ4n) is 1.52. The van der Waals surface area contributed by atoms with Crippen molar-refractivity contribution in [1.82, 2.24) is 0 Å². The Balaban J connectivity index is 3.21. The second-order valence-corrected chi connectivity index (χ2v) is 3.75. The molecule has 2 nitrogen and oxygen atoms in total. The normalized spacial score (nSPS) is 11.9. The Morgan fingerprint density at radius 3 is 2.21 bits per heavy atom. The van der Waals surface area contributed by atoms with Gasteiger partial charge in [-0.2, -0.15) is 0 Å². The highest BCUT2D eigenvalue weighted by Crippen LogP contribution is 2.24. The topological polar surface area (TPSA) is 38.4 Å². The summed E-state index contributed by atoms with van der Waals surface area (Å²) in [7, 11) is 0. The second-order valence-electron chi connectivity index (χ2n) is 3.48. The molecule has 0 amide bonds. The summed E-state index contributed by atoms with van der Waals surface area (Å²) in [6.45, 7) is 6.12. The van der Waals surface area contributed by atoms with Crippen LogP contribution in [0.5, 0.6) is 0 Å². The molecule has 0 aliphatic carbocycles. The van der Waals surface area contributed by atoms with Crippen molar-refractivity contribution in [3.63, 3.8) is 0 Å². The predicted octanol–water partition coefficient (Wildman–Crippen LogP) is 2.84. The van der Waals surface area contributed by atoms with Gasteiger partial charge in [-0.15, -0.1) is 11.6 Å². The summed E-state index contributed by atoms with van der Waals surface area (Å²) >= 11 is 5.58. The highest BCUT2D eigenvalue weighted by molar-refractivity contribution is 6.28. The lowest BCUT2D eigenvalue weighted by Crippen LogP contribution is -2.12. The molecule has 1 aromatic rings. The zero-order valence-corrected chi connectivity index (χ0v) is 9.52. The summed E-state index contributed by atoms with van der Waals surface area (Å²) in [5, 5.41) is 0. The molecule has 0 fully saturated rings. The maximum Gasteiger partial charge on any atom is 0.115 e. The summed E-state index contributed by atoms with van der Waals surface area (Å²) in [6, 6.07) is 4.18. The Morgan fingerprint density at radius 2 is 1.79 bits per heavy atom. The van der Waals surface area contributed by atoms with E-state index in [9.17, 15) is 0 Å². The van der Waals surface area contributed by atoms with Crippen molar-refractivity contribution in [2.75, 3.05) is 5.88 Å². The van der Waals surface area contributed by atoms with Gasteiger partial charge >= 0.3 is 0 Å². The number of amidine groups is 1. The molecule has 0 radical (unpaired) electrons. The van der Waals surface area contributed by atoms with E-state index in [1.165, 1.54) is 5.56 Å². The Kier molecular flexibility index (Phi) is 3.53. The summed E-state index contributed by atoms with van der Waals surface area (Å²) in [5.74, 6) is 0.731. The Hall–Kier alpha value is -1.02. The van der Waals surface area contributed by atoms with Gasteiger partial charge in [-0.3, -0.25) is 0 Å². The summed E-state index contributed by atoms with van der Waals surface area (Å²) in [6.07, 6.45) is 0. The monoisotopic (exact) mass is 210 g/mol. The van der Waals surface area contributed by atoms with Crippen LogP contribution in [-0.4, -0.2) is 11.7 Å². The molecule has 0 aromatic heterocycles. The third-order valence-electron chi connectivity index (χ3n) is 2.03.